The predicted molar refractivity (Wildman–Crippen MR) is 60.9 cm³/mol. The zero-order chi connectivity index (χ0) is 10.3. The highest BCUT2D eigenvalue weighted by Crippen LogP contribution is 2.33. The van der Waals surface area contributed by atoms with Gasteiger partial charge in [-0.1, -0.05) is 23.2 Å². The van der Waals surface area contributed by atoms with E-state index in [4.69, 9.17) is 28.9 Å². The van der Waals surface area contributed by atoms with E-state index in [2.05, 4.69) is 4.98 Å². The fourth-order valence-electron chi connectivity index (χ4n) is 1.35. The first kappa shape index (κ1) is 9.56. The fraction of sp³-hybridized carbons (Fsp3) is 0.100. The summed E-state index contributed by atoms with van der Waals surface area (Å²) < 4.78 is 0. The topological polar surface area (TPSA) is 38.9 Å². The van der Waals surface area contributed by atoms with Crippen LogP contribution in [0.1, 0.15) is 5.56 Å². The van der Waals surface area contributed by atoms with Crippen molar-refractivity contribution in [1.29, 1.82) is 0 Å². The van der Waals surface area contributed by atoms with Gasteiger partial charge in [-0.3, -0.25) is 4.98 Å². The molecule has 2 nitrogen and oxygen atoms in total. The lowest BCUT2D eigenvalue weighted by Gasteiger charge is -2.06. The van der Waals surface area contributed by atoms with Gasteiger partial charge in [-0.05, 0) is 24.6 Å². The number of hydrogen-bond donors (Lipinski definition) is 1. The molecule has 0 saturated heterocycles. The molecule has 0 amide bonds. The van der Waals surface area contributed by atoms with E-state index in [1.165, 1.54) is 0 Å². The first-order valence-corrected chi connectivity index (χ1v) is 4.85. The largest absolute Gasteiger partial charge is 0.397 e. The number of nitrogen functional groups attached to an aromatic ring is 1. The van der Waals surface area contributed by atoms with Gasteiger partial charge in [-0.15, -0.1) is 0 Å². The Morgan fingerprint density at radius 2 is 2.00 bits per heavy atom. The van der Waals surface area contributed by atoms with Crippen molar-refractivity contribution in [1.82, 2.24) is 4.98 Å². The monoisotopic (exact) mass is 226 g/mol. The maximum Gasteiger partial charge on any atom is 0.0961 e. The van der Waals surface area contributed by atoms with Crippen molar-refractivity contribution < 1.29 is 0 Å². The summed E-state index contributed by atoms with van der Waals surface area (Å²) >= 11 is 12.1. The molecular formula is C10H8Cl2N2. The Morgan fingerprint density at radius 1 is 1.29 bits per heavy atom. The summed E-state index contributed by atoms with van der Waals surface area (Å²) in [6.07, 6.45) is 1.69. The number of aromatic nitrogens is 1. The number of nitrogens with zero attached hydrogens (tertiary/aromatic N) is 1. The van der Waals surface area contributed by atoms with Gasteiger partial charge in [0.25, 0.3) is 0 Å². The molecule has 0 aliphatic carbocycles. The second kappa shape index (κ2) is 3.30. The van der Waals surface area contributed by atoms with Gasteiger partial charge < -0.3 is 5.73 Å². The second-order valence-corrected chi connectivity index (χ2v) is 3.90. The third-order valence-corrected chi connectivity index (χ3v) is 2.91. The van der Waals surface area contributed by atoms with Crippen LogP contribution in [0.2, 0.25) is 10.0 Å². The number of fused-ring (bicyclic) bond motifs is 1. The summed E-state index contributed by atoms with van der Waals surface area (Å²) in [5, 5.41) is 1.93. The molecule has 0 bridgehead atoms. The van der Waals surface area contributed by atoms with Crippen LogP contribution in [0.25, 0.3) is 10.9 Å². The van der Waals surface area contributed by atoms with Gasteiger partial charge in [-0.2, -0.15) is 0 Å². The van der Waals surface area contributed by atoms with Gasteiger partial charge in [0.15, 0.2) is 0 Å². The number of nitrogens with two attached hydrogens (primary N) is 1. The molecule has 0 atom stereocenters. The predicted octanol–water partition coefficient (Wildman–Crippen LogP) is 3.43. The molecule has 72 valence electrons. The molecular weight excluding hydrogens is 219 g/mol. The molecule has 0 radical (unpaired) electrons. The van der Waals surface area contributed by atoms with Gasteiger partial charge in [0.2, 0.25) is 0 Å². The standard InChI is InChI=1S/C10H8Cl2N2/c1-5-4-14-10-7(13)3-2-6(11)8(10)9(5)12/h2-4H,13H2,1H3. The quantitative estimate of drug-likeness (QED) is 0.700. The van der Waals surface area contributed by atoms with E-state index in [0.29, 0.717) is 21.2 Å². The number of benzene rings is 1. The number of halogens is 2. The Balaban J connectivity index is 3.01. The zero-order valence-electron chi connectivity index (χ0n) is 7.51. The third kappa shape index (κ3) is 1.31. The molecule has 0 aliphatic heterocycles. The highest BCUT2D eigenvalue weighted by molar-refractivity contribution is 6.42. The zero-order valence-corrected chi connectivity index (χ0v) is 9.02. The normalized spacial score (nSPS) is 10.8. The van der Waals surface area contributed by atoms with Crippen molar-refractivity contribution in [2.75, 3.05) is 5.73 Å². The Labute approximate surface area is 91.6 Å². The Bertz CT molecular complexity index is 509. The number of pyridine rings is 1. The maximum absolute atomic E-state index is 6.12. The van der Waals surface area contributed by atoms with Crippen molar-refractivity contribution in [3.8, 4) is 0 Å². The average molecular weight is 227 g/mol. The number of rotatable bonds is 0. The van der Waals surface area contributed by atoms with E-state index in [1.54, 1.807) is 18.3 Å². The van der Waals surface area contributed by atoms with Crippen molar-refractivity contribution >= 4 is 39.8 Å². The molecule has 0 aliphatic rings. The molecule has 14 heavy (non-hydrogen) atoms. The minimum Gasteiger partial charge on any atom is -0.397 e. The molecule has 0 fully saturated rings. The summed E-state index contributed by atoms with van der Waals surface area (Å²) in [6, 6.07) is 3.45. The number of anilines is 1. The Hall–Kier alpha value is -0.990. The van der Waals surface area contributed by atoms with E-state index in [0.717, 1.165) is 10.9 Å². The summed E-state index contributed by atoms with van der Waals surface area (Å²) in [4.78, 5) is 4.21. The van der Waals surface area contributed by atoms with Crippen LogP contribution in [0.3, 0.4) is 0 Å². The van der Waals surface area contributed by atoms with Crippen LogP contribution in [-0.4, -0.2) is 4.98 Å². The summed E-state index contributed by atoms with van der Waals surface area (Å²) in [7, 11) is 0. The van der Waals surface area contributed by atoms with Crippen molar-refractivity contribution in [2.24, 2.45) is 0 Å². The van der Waals surface area contributed by atoms with Gasteiger partial charge in [0.1, 0.15) is 0 Å². The maximum atomic E-state index is 6.12. The molecule has 0 spiro atoms. The molecule has 2 N–H and O–H groups in total. The summed E-state index contributed by atoms with van der Waals surface area (Å²) in [6.45, 7) is 1.88. The molecule has 2 rings (SSSR count). The van der Waals surface area contributed by atoms with Gasteiger partial charge >= 0.3 is 0 Å². The number of aryl methyl sites for hydroxylation is 1. The molecule has 0 saturated carbocycles. The SMILES string of the molecule is Cc1cnc2c(N)ccc(Cl)c2c1Cl. The minimum atomic E-state index is 0.579. The van der Waals surface area contributed by atoms with Crippen LogP contribution in [0.15, 0.2) is 18.3 Å². The molecule has 4 heteroatoms. The van der Waals surface area contributed by atoms with Gasteiger partial charge in [-0.25, -0.2) is 0 Å². The first-order chi connectivity index (χ1) is 6.61. The van der Waals surface area contributed by atoms with E-state index in [9.17, 15) is 0 Å². The van der Waals surface area contributed by atoms with Crippen molar-refractivity contribution in [3.05, 3.63) is 33.9 Å². The molecule has 1 heterocycles. The number of hydrogen-bond acceptors (Lipinski definition) is 2. The van der Waals surface area contributed by atoms with Gasteiger partial charge in [0, 0.05) is 11.6 Å². The lowest BCUT2D eigenvalue weighted by atomic mass is 10.1. The fourth-order valence-corrected chi connectivity index (χ4v) is 1.88. The Kier molecular flexibility index (Phi) is 2.25. The second-order valence-electron chi connectivity index (χ2n) is 3.12. The highest BCUT2D eigenvalue weighted by Gasteiger charge is 2.09. The van der Waals surface area contributed by atoms with E-state index < -0.39 is 0 Å². The van der Waals surface area contributed by atoms with Crippen LogP contribution in [0.5, 0.6) is 0 Å². The highest BCUT2D eigenvalue weighted by atomic mass is 35.5. The minimum absolute atomic E-state index is 0.579. The molecule has 1 aromatic carbocycles. The molecule has 0 unspecified atom stereocenters. The van der Waals surface area contributed by atoms with Crippen LogP contribution in [0.4, 0.5) is 5.69 Å². The Morgan fingerprint density at radius 3 is 2.71 bits per heavy atom. The first-order valence-electron chi connectivity index (χ1n) is 4.10. The average Bonchev–Trinajstić information content (AvgIpc) is 2.16. The van der Waals surface area contributed by atoms with Crippen molar-refractivity contribution in [3.63, 3.8) is 0 Å². The molecule has 1 aromatic heterocycles. The lowest BCUT2D eigenvalue weighted by Crippen LogP contribution is -1.92. The van der Waals surface area contributed by atoms with Crippen LogP contribution in [0, 0.1) is 6.92 Å². The van der Waals surface area contributed by atoms with E-state index in [1.807, 2.05) is 6.92 Å². The van der Waals surface area contributed by atoms with Crippen molar-refractivity contribution in [2.45, 2.75) is 6.92 Å². The van der Waals surface area contributed by atoms with Crippen LogP contribution >= 0.6 is 23.2 Å². The van der Waals surface area contributed by atoms with E-state index >= 15 is 0 Å². The molecule has 2 aromatic rings. The third-order valence-electron chi connectivity index (χ3n) is 2.11. The smallest absolute Gasteiger partial charge is 0.0961 e. The lowest BCUT2D eigenvalue weighted by molar-refractivity contribution is 1.33. The summed E-state index contributed by atoms with van der Waals surface area (Å²) in [5.74, 6) is 0. The summed E-state index contributed by atoms with van der Waals surface area (Å²) in [5.41, 5.74) is 7.91. The van der Waals surface area contributed by atoms with Crippen LogP contribution < -0.4 is 5.73 Å². The van der Waals surface area contributed by atoms with E-state index in [-0.39, 0.29) is 0 Å². The van der Waals surface area contributed by atoms with Crippen LogP contribution in [-0.2, 0) is 0 Å². The van der Waals surface area contributed by atoms with Gasteiger partial charge in [0.05, 0.1) is 21.2 Å².